The summed E-state index contributed by atoms with van der Waals surface area (Å²) < 4.78 is 27.8. The maximum absolute atomic E-state index is 12.6. The number of carbonyl (C=O) groups excluding carboxylic acids is 1. The molecule has 2 aromatic carbocycles. The molecule has 1 heterocycles. The zero-order valence-electron chi connectivity index (χ0n) is 14.9. The van der Waals surface area contributed by atoms with Gasteiger partial charge in [-0.15, -0.1) is 11.3 Å². The average Bonchev–Trinajstić information content (AvgIpc) is 3.06. The molecule has 0 unspecified atom stereocenters. The topological polar surface area (TPSA) is 88.2 Å². The van der Waals surface area contributed by atoms with E-state index in [0.29, 0.717) is 16.3 Å². The Balaban J connectivity index is 1.80. The number of anilines is 1. The molecule has 0 bridgehead atoms. The van der Waals surface area contributed by atoms with Crippen molar-refractivity contribution in [3.8, 4) is 0 Å². The molecule has 0 aliphatic carbocycles. The summed E-state index contributed by atoms with van der Waals surface area (Å²) in [5.74, 6) is -0.387. The molecule has 3 rings (SSSR count). The van der Waals surface area contributed by atoms with Gasteiger partial charge in [0.2, 0.25) is 10.0 Å². The van der Waals surface area contributed by atoms with Crippen LogP contribution in [0.2, 0.25) is 0 Å². The van der Waals surface area contributed by atoms with E-state index in [1.54, 1.807) is 19.2 Å². The molecule has 0 saturated carbocycles. The van der Waals surface area contributed by atoms with Gasteiger partial charge >= 0.3 is 0 Å². The first-order valence-electron chi connectivity index (χ1n) is 8.23. The summed E-state index contributed by atoms with van der Waals surface area (Å²) >= 11 is 1.36. The molecule has 0 radical (unpaired) electrons. The summed E-state index contributed by atoms with van der Waals surface area (Å²) in [4.78, 5) is 17.7. The fourth-order valence-electron chi connectivity index (χ4n) is 2.45. The first-order chi connectivity index (χ1) is 12.8. The van der Waals surface area contributed by atoms with E-state index in [4.69, 9.17) is 0 Å². The van der Waals surface area contributed by atoms with Crippen LogP contribution in [0.3, 0.4) is 0 Å². The Morgan fingerprint density at radius 3 is 2.52 bits per heavy atom. The summed E-state index contributed by atoms with van der Waals surface area (Å²) in [5.41, 5.74) is 1.83. The minimum absolute atomic E-state index is 0.0458. The van der Waals surface area contributed by atoms with Gasteiger partial charge < -0.3 is 0 Å². The van der Waals surface area contributed by atoms with Gasteiger partial charge in [-0.1, -0.05) is 36.4 Å². The molecule has 0 atom stereocenters. The number of nitrogens with one attached hydrogen (secondary N) is 2. The monoisotopic (exact) mass is 401 g/mol. The van der Waals surface area contributed by atoms with Crippen molar-refractivity contribution in [2.75, 3.05) is 5.32 Å². The Kier molecular flexibility index (Phi) is 5.69. The third-order valence-corrected chi connectivity index (χ3v) is 6.14. The van der Waals surface area contributed by atoms with Crippen molar-refractivity contribution in [2.24, 2.45) is 0 Å². The Morgan fingerprint density at radius 2 is 1.85 bits per heavy atom. The Bertz CT molecular complexity index is 1060. The number of aryl methyl sites for hydroxylation is 2. The molecule has 6 nitrogen and oxygen atoms in total. The van der Waals surface area contributed by atoms with Crippen LogP contribution < -0.4 is 10.0 Å². The second-order valence-electron chi connectivity index (χ2n) is 6.02. The van der Waals surface area contributed by atoms with E-state index in [-0.39, 0.29) is 17.3 Å². The van der Waals surface area contributed by atoms with Crippen molar-refractivity contribution in [1.29, 1.82) is 0 Å². The summed E-state index contributed by atoms with van der Waals surface area (Å²) in [6.45, 7) is 3.83. The van der Waals surface area contributed by atoms with Crippen LogP contribution in [0.25, 0.3) is 0 Å². The quantitative estimate of drug-likeness (QED) is 0.662. The van der Waals surface area contributed by atoms with E-state index in [1.165, 1.54) is 23.5 Å². The molecular formula is C19H19N3O3S2. The van der Waals surface area contributed by atoms with Crippen LogP contribution in [0.5, 0.6) is 0 Å². The molecule has 2 N–H and O–H groups in total. The summed E-state index contributed by atoms with van der Waals surface area (Å²) in [7, 11) is -3.74. The van der Waals surface area contributed by atoms with Gasteiger partial charge in [0.05, 0.1) is 4.90 Å². The van der Waals surface area contributed by atoms with Crippen molar-refractivity contribution in [3.05, 3.63) is 76.3 Å². The smallest absolute Gasteiger partial charge is 0.257 e. The lowest BCUT2D eigenvalue weighted by Crippen LogP contribution is -2.24. The number of carbonyl (C=O) groups is 1. The SMILES string of the molecule is Cc1cnc(NC(=O)c2cc(S(=O)(=O)NCc3ccccc3)ccc2C)s1. The van der Waals surface area contributed by atoms with Gasteiger partial charge in [-0.05, 0) is 37.1 Å². The normalized spacial score (nSPS) is 11.3. The number of thiazole rings is 1. The highest BCUT2D eigenvalue weighted by molar-refractivity contribution is 7.89. The van der Waals surface area contributed by atoms with E-state index in [2.05, 4.69) is 15.0 Å². The second-order valence-corrected chi connectivity index (χ2v) is 9.02. The van der Waals surface area contributed by atoms with Crippen LogP contribution in [0.4, 0.5) is 5.13 Å². The number of amides is 1. The fraction of sp³-hybridized carbons (Fsp3) is 0.158. The lowest BCUT2D eigenvalue weighted by atomic mass is 10.1. The molecule has 0 aliphatic heterocycles. The molecule has 8 heteroatoms. The van der Waals surface area contributed by atoms with Crippen LogP contribution in [-0.2, 0) is 16.6 Å². The molecule has 0 spiro atoms. The van der Waals surface area contributed by atoms with Crippen molar-refractivity contribution < 1.29 is 13.2 Å². The minimum atomic E-state index is -3.74. The van der Waals surface area contributed by atoms with Crippen LogP contribution in [0.1, 0.15) is 26.4 Å². The van der Waals surface area contributed by atoms with E-state index in [1.807, 2.05) is 37.3 Å². The molecule has 0 aliphatic rings. The predicted molar refractivity (Wildman–Crippen MR) is 106 cm³/mol. The van der Waals surface area contributed by atoms with Crippen LogP contribution in [0.15, 0.2) is 59.6 Å². The summed E-state index contributed by atoms with van der Waals surface area (Å²) in [5, 5.41) is 3.19. The molecule has 0 saturated heterocycles. The Morgan fingerprint density at radius 1 is 1.11 bits per heavy atom. The number of hydrogen-bond acceptors (Lipinski definition) is 5. The highest BCUT2D eigenvalue weighted by atomic mass is 32.2. The molecule has 0 fully saturated rings. The third kappa shape index (κ3) is 4.79. The minimum Gasteiger partial charge on any atom is -0.298 e. The van der Waals surface area contributed by atoms with Crippen molar-refractivity contribution in [1.82, 2.24) is 9.71 Å². The fourth-order valence-corrected chi connectivity index (χ4v) is 4.15. The Labute approximate surface area is 162 Å². The standard InChI is InChI=1S/C19H19N3O3S2/c1-13-8-9-16(27(24,25)21-12-15-6-4-3-5-7-15)10-17(13)18(23)22-19-20-11-14(2)26-19/h3-11,21H,12H2,1-2H3,(H,20,22,23). The number of rotatable bonds is 6. The lowest BCUT2D eigenvalue weighted by Gasteiger charge is -2.10. The van der Waals surface area contributed by atoms with E-state index >= 15 is 0 Å². The van der Waals surface area contributed by atoms with Crippen molar-refractivity contribution in [2.45, 2.75) is 25.3 Å². The third-order valence-electron chi connectivity index (χ3n) is 3.91. The maximum Gasteiger partial charge on any atom is 0.257 e. The molecule has 1 aromatic heterocycles. The summed E-state index contributed by atoms with van der Waals surface area (Å²) in [6, 6.07) is 13.7. The van der Waals surface area contributed by atoms with Crippen molar-refractivity contribution >= 4 is 32.4 Å². The lowest BCUT2D eigenvalue weighted by molar-refractivity contribution is 0.102. The van der Waals surface area contributed by atoms with Gasteiger partial charge in [0.25, 0.3) is 5.91 Å². The summed E-state index contributed by atoms with van der Waals surface area (Å²) in [6.07, 6.45) is 1.67. The highest BCUT2D eigenvalue weighted by Gasteiger charge is 2.18. The van der Waals surface area contributed by atoms with Crippen LogP contribution >= 0.6 is 11.3 Å². The molecule has 27 heavy (non-hydrogen) atoms. The van der Waals surface area contributed by atoms with Gasteiger partial charge in [0.15, 0.2) is 5.13 Å². The molecule has 140 valence electrons. The van der Waals surface area contributed by atoms with Crippen LogP contribution in [0, 0.1) is 13.8 Å². The average molecular weight is 402 g/mol. The maximum atomic E-state index is 12.6. The van der Waals surface area contributed by atoms with Crippen LogP contribution in [-0.4, -0.2) is 19.3 Å². The number of aromatic nitrogens is 1. The zero-order chi connectivity index (χ0) is 19.4. The van der Waals surface area contributed by atoms with Crippen molar-refractivity contribution in [3.63, 3.8) is 0 Å². The van der Waals surface area contributed by atoms with Gasteiger partial charge in [-0.25, -0.2) is 18.1 Å². The number of benzene rings is 2. The van der Waals surface area contributed by atoms with Gasteiger partial charge in [0, 0.05) is 23.2 Å². The number of hydrogen-bond donors (Lipinski definition) is 2. The first kappa shape index (κ1) is 19.2. The number of sulfonamides is 1. The predicted octanol–water partition coefficient (Wildman–Crippen LogP) is 3.49. The van der Waals surface area contributed by atoms with E-state index in [0.717, 1.165) is 10.4 Å². The van der Waals surface area contributed by atoms with E-state index < -0.39 is 10.0 Å². The zero-order valence-corrected chi connectivity index (χ0v) is 16.5. The Hall–Kier alpha value is -2.55. The van der Waals surface area contributed by atoms with Gasteiger partial charge in [-0.2, -0.15) is 0 Å². The molecule has 3 aromatic rings. The largest absolute Gasteiger partial charge is 0.298 e. The first-order valence-corrected chi connectivity index (χ1v) is 10.5. The van der Waals surface area contributed by atoms with Gasteiger partial charge in [-0.3, -0.25) is 10.1 Å². The van der Waals surface area contributed by atoms with Gasteiger partial charge in [0.1, 0.15) is 0 Å². The second kappa shape index (κ2) is 7.99. The number of nitrogens with zero attached hydrogens (tertiary/aromatic N) is 1. The highest BCUT2D eigenvalue weighted by Crippen LogP contribution is 2.20. The molecular weight excluding hydrogens is 382 g/mol. The molecule has 1 amide bonds. The van der Waals surface area contributed by atoms with E-state index in [9.17, 15) is 13.2 Å².